The predicted molar refractivity (Wildman–Crippen MR) is 151 cm³/mol. The predicted octanol–water partition coefficient (Wildman–Crippen LogP) is 4.23. The molecule has 0 bridgehead atoms. The summed E-state index contributed by atoms with van der Waals surface area (Å²) in [5, 5.41) is 3.07. The highest BCUT2D eigenvalue weighted by Gasteiger charge is 2.31. The first-order valence-electron chi connectivity index (χ1n) is 13.1. The third kappa shape index (κ3) is 7.72. The van der Waals surface area contributed by atoms with E-state index in [-0.39, 0.29) is 23.9 Å². The topological polar surface area (TPSA) is 96.0 Å². The molecule has 208 valence electrons. The van der Waals surface area contributed by atoms with E-state index in [2.05, 4.69) is 26.1 Å². The number of hydrogen-bond donors (Lipinski definition) is 1. The molecule has 1 saturated carbocycles. The first kappa shape index (κ1) is 29.5. The van der Waals surface area contributed by atoms with Gasteiger partial charge in [0.2, 0.25) is 21.8 Å². The van der Waals surface area contributed by atoms with Crippen molar-refractivity contribution < 1.29 is 22.7 Å². The molecule has 2 amide bonds. The van der Waals surface area contributed by atoms with Crippen LogP contribution in [0.4, 0.5) is 5.69 Å². The highest BCUT2D eigenvalue weighted by Crippen LogP contribution is 2.26. The van der Waals surface area contributed by atoms with Gasteiger partial charge in [-0.3, -0.25) is 13.9 Å². The highest BCUT2D eigenvalue weighted by atomic mass is 32.2. The standard InChI is InChI=1S/C29H41N3O5S/c1-21(28(34)30-24-9-7-8-10-24)31(19-22-11-17-26(37-5)18-12-22)27(33)20-32(38(6,35)36)25-15-13-23(14-16-25)29(2,3)4/h11-18,21,24H,7-10,19-20H2,1-6H3,(H,30,34). The molecule has 2 aromatic carbocycles. The SMILES string of the molecule is COc1ccc(CN(C(=O)CN(c2ccc(C(C)(C)C)cc2)S(C)(=O)=O)C(C)C(=O)NC2CCCC2)cc1. The first-order valence-corrected chi connectivity index (χ1v) is 15.0. The quantitative estimate of drug-likeness (QED) is 0.484. The lowest BCUT2D eigenvalue weighted by Gasteiger charge is -2.32. The van der Waals surface area contributed by atoms with Gasteiger partial charge >= 0.3 is 0 Å². The van der Waals surface area contributed by atoms with Gasteiger partial charge in [-0.25, -0.2) is 8.42 Å². The summed E-state index contributed by atoms with van der Waals surface area (Å²) in [6.07, 6.45) is 5.09. The molecule has 0 radical (unpaired) electrons. The minimum atomic E-state index is -3.77. The average molecular weight is 544 g/mol. The third-order valence-electron chi connectivity index (χ3n) is 7.08. The van der Waals surface area contributed by atoms with Gasteiger partial charge in [0.25, 0.3) is 0 Å². The second-order valence-corrected chi connectivity index (χ2v) is 13.0. The zero-order valence-electron chi connectivity index (χ0n) is 23.4. The average Bonchev–Trinajstić information content (AvgIpc) is 3.37. The van der Waals surface area contributed by atoms with Crippen LogP contribution in [0.25, 0.3) is 0 Å². The van der Waals surface area contributed by atoms with Crippen molar-refractivity contribution in [3.8, 4) is 5.75 Å². The van der Waals surface area contributed by atoms with Gasteiger partial charge in [0.15, 0.2) is 0 Å². The lowest BCUT2D eigenvalue weighted by molar-refractivity contribution is -0.139. The largest absolute Gasteiger partial charge is 0.497 e. The number of ether oxygens (including phenoxy) is 1. The molecular formula is C29H41N3O5S. The van der Waals surface area contributed by atoms with Gasteiger partial charge in [0, 0.05) is 12.6 Å². The van der Waals surface area contributed by atoms with Crippen LogP contribution in [-0.2, 0) is 31.6 Å². The number of amides is 2. The van der Waals surface area contributed by atoms with Crippen LogP contribution in [0.3, 0.4) is 0 Å². The van der Waals surface area contributed by atoms with Gasteiger partial charge in [-0.05, 0) is 60.6 Å². The number of anilines is 1. The Morgan fingerprint density at radius 2 is 1.61 bits per heavy atom. The second kappa shape index (κ2) is 12.2. The molecule has 1 unspecified atom stereocenters. The van der Waals surface area contributed by atoms with E-state index in [1.165, 1.54) is 4.90 Å². The monoisotopic (exact) mass is 543 g/mol. The van der Waals surface area contributed by atoms with Crippen molar-refractivity contribution in [1.29, 1.82) is 0 Å². The molecule has 0 saturated heterocycles. The highest BCUT2D eigenvalue weighted by molar-refractivity contribution is 7.92. The molecule has 1 fully saturated rings. The van der Waals surface area contributed by atoms with Crippen molar-refractivity contribution in [2.75, 3.05) is 24.2 Å². The fourth-order valence-electron chi connectivity index (χ4n) is 4.64. The fraction of sp³-hybridized carbons (Fsp3) is 0.517. The summed E-state index contributed by atoms with van der Waals surface area (Å²) in [6.45, 7) is 7.67. The molecule has 0 spiro atoms. The van der Waals surface area contributed by atoms with Crippen molar-refractivity contribution in [2.24, 2.45) is 0 Å². The number of hydrogen-bond acceptors (Lipinski definition) is 5. The van der Waals surface area contributed by atoms with E-state index in [1.54, 1.807) is 38.3 Å². The number of rotatable bonds is 10. The van der Waals surface area contributed by atoms with Crippen LogP contribution >= 0.6 is 0 Å². The number of carbonyl (C=O) groups excluding carboxylic acids is 2. The maximum Gasteiger partial charge on any atom is 0.244 e. The Morgan fingerprint density at radius 3 is 2.11 bits per heavy atom. The van der Waals surface area contributed by atoms with Crippen molar-refractivity contribution >= 4 is 27.5 Å². The smallest absolute Gasteiger partial charge is 0.244 e. The minimum Gasteiger partial charge on any atom is -0.497 e. The molecule has 0 aromatic heterocycles. The van der Waals surface area contributed by atoms with E-state index in [1.807, 2.05) is 24.3 Å². The number of carbonyl (C=O) groups is 2. The number of methoxy groups -OCH3 is 1. The Bertz CT molecular complexity index is 1200. The number of nitrogens with zero attached hydrogens (tertiary/aromatic N) is 2. The van der Waals surface area contributed by atoms with Crippen molar-refractivity contribution in [3.63, 3.8) is 0 Å². The van der Waals surface area contributed by atoms with Crippen molar-refractivity contribution in [3.05, 3.63) is 59.7 Å². The van der Waals surface area contributed by atoms with Crippen LogP contribution in [0.5, 0.6) is 5.75 Å². The molecular weight excluding hydrogens is 502 g/mol. The van der Waals surface area contributed by atoms with E-state index in [0.29, 0.717) is 11.4 Å². The Morgan fingerprint density at radius 1 is 1.03 bits per heavy atom. The summed E-state index contributed by atoms with van der Waals surface area (Å²) in [4.78, 5) is 28.3. The Kier molecular flexibility index (Phi) is 9.46. The van der Waals surface area contributed by atoms with E-state index in [4.69, 9.17) is 4.74 Å². The molecule has 8 nitrogen and oxygen atoms in total. The van der Waals surface area contributed by atoms with Gasteiger partial charge in [-0.15, -0.1) is 0 Å². The molecule has 1 N–H and O–H groups in total. The molecule has 0 heterocycles. The Balaban J connectivity index is 1.88. The van der Waals surface area contributed by atoms with Crippen molar-refractivity contribution in [1.82, 2.24) is 10.2 Å². The van der Waals surface area contributed by atoms with Gasteiger partial charge in [0.1, 0.15) is 18.3 Å². The molecule has 0 aliphatic heterocycles. The summed E-state index contributed by atoms with van der Waals surface area (Å²) in [5.74, 6) is -0.0139. The number of nitrogens with one attached hydrogen (secondary N) is 1. The zero-order valence-corrected chi connectivity index (χ0v) is 24.2. The van der Waals surface area contributed by atoms with Crippen LogP contribution in [-0.4, -0.2) is 57.1 Å². The maximum atomic E-state index is 13.7. The zero-order chi connectivity index (χ0) is 28.1. The van der Waals surface area contributed by atoms with Gasteiger partial charge in [0.05, 0.1) is 19.1 Å². The van der Waals surface area contributed by atoms with Crippen LogP contribution in [0, 0.1) is 0 Å². The fourth-order valence-corrected chi connectivity index (χ4v) is 5.49. The lowest BCUT2D eigenvalue weighted by Crippen LogP contribution is -2.52. The summed E-state index contributed by atoms with van der Waals surface area (Å²) < 4.78 is 31.9. The maximum absolute atomic E-state index is 13.7. The summed E-state index contributed by atoms with van der Waals surface area (Å²) in [6, 6.07) is 13.8. The molecule has 1 aliphatic rings. The molecule has 3 rings (SSSR count). The first-order chi connectivity index (χ1) is 17.8. The van der Waals surface area contributed by atoms with Gasteiger partial charge in [-0.1, -0.05) is 57.9 Å². The number of benzene rings is 2. The summed E-state index contributed by atoms with van der Waals surface area (Å²) in [7, 11) is -2.20. The normalized spacial score (nSPS) is 15.1. The molecule has 1 aliphatic carbocycles. The second-order valence-electron chi connectivity index (χ2n) is 11.1. The van der Waals surface area contributed by atoms with E-state index >= 15 is 0 Å². The van der Waals surface area contributed by atoms with Gasteiger partial charge in [-0.2, -0.15) is 0 Å². The minimum absolute atomic E-state index is 0.0957. The Labute approximate surface area is 227 Å². The summed E-state index contributed by atoms with van der Waals surface area (Å²) in [5.41, 5.74) is 2.17. The van der Waals surface area contributed by atoms with Crippen LogP contribution in [0.1, 0.15) is 64.5 Å². The molecule has 9 heteroatoms. The van der Waals surface area contributed by atoms with E-state index < -0.39 is 28.5 Å². The molecule has 38 heavy (non-hydrogen) atoms. The Hall–Kier alpha value is -3.07. The van der Waals surface area contributed by atoms with Crippen LogP contribution in [0.15, 0.2) is 48.5 Å². The van der Waals surface area contributed by atoms with E-state index in [9.17, 15) is 18.0 Å². The van der Waals surface area contributed by atoms with E-state index in [0.717, 1.165) is 47.4 Å². The number of sulfonamides is 1. The molecule has 1 atom stereocenters. The summed E-state index contributed by atoms with van der Waals surface area (Å²) >= 11 is 0. The van der Waals surface area contributed by atoms with Crippen LogP contribution in [0.2, 0.25) is 0 Å². The van der Waals surface area contributed by atoms with Gasteiger partial charge < -0.3 is 15.0 Å². The lowest BCUT2D eigenvalue weighted by atomic mass is 9.87. The molecule has 2 aromatic rings. The van der Waals surface area contributed by atoms with Crippen LogP contribution < -0.4 is 14.4 Å². The third-order valence-corrected chi connectivity index (χ3v) is 8.22. The van der Waals surface area contributed by atoms with Crippen molar-refractivity contribution in [2.45, 2.75) is 77.4 Å².